The number of carbonyl (C=O) groups is 2. The summed E-state index contributed by atoms with van der Waals surface area (Å²) in [5.74, 6) is -0.147. The monoisotopic (exact) mass is 186 g/mol. The zero-order valence-corrected chi connectivity index (χ0v) is 8.76. The lowest BCUT2D eigenvalue weighted by Crippen LogP contribution is -2.42. The molecule has 0 saturated heterocycles. The van der Waals surface area contributed by atoms with Crippen molar-refractivity contribution in [1.29, 1.82) is 0 Å². The number of urea groups is 1. The number of carbonyl (C=O) groups excluding carboxylic acids is 2. The van der Waals surface area contributed by atoms with Gasteiger partial charge in [-0.1, -0.05) is 13.8 Å². The van der Waals surface area contributed by atoms with Crippen LogP contribution in [-0.4, -0.2) is 30.9 Å². The normalized spacial score (nSPS) is 9.92. The van der Waals surface area contributed by atoms with E-state index in [1.807, 2.05) is 13.8 Å². The highest BCUT2D eigenvalue weighted by atomic mass is 16.2. The van der Waals surface area contributed by atoms with Gasteiger partial charge >= 0.3 is 6.03 Å². The SMILES string of the molecule is CCC(CC)C(=O)N(C)C(=O)NC. The topological polar surface area (TPSA) is 49.4 Å². The predicted molar refractivity (Wildman–Crippen MR) is 51.3 cm³/mol. The van der Waals surface area contributed by atoms with E-state index < -0.39 is 0 Å². The Bertz CT molecular complexity index is 188. The lowest BCUT2D eigenvalue weighted by molar-refractivity contribution is -0.131. The van der Waals surface area contributed by atoms with Gasteiger partial charge in [0.25, 0.3) is 0 Å². The second-order valence-electron chi connectivity index (χ2n) is 2.97. The molecule has 0 rings (SSSR count). The Morgan fingerprint density at radius 2 is 1.77 bits per heavy atom. The number of imide groups is 1. The zero-order valence-electron chi connectivity index (χ0n) is 8.76. The third kappa shape index (κ3) is 3.05. The fourth-order valence-electron chi connectivity index (χ4n) is 1.18. The van der Waals surface area contributed by atoms with Crippen LogP contribution >= 0.6 is 0 Å². The summed E-state index contributed by atoms with van der Waals surface area (Å²) in [7, 11) is 3.01. The molecule has 4 nitrogen and oxygen atoms in total. The summed E-state index contributed by atoms with van der Waals surface area (Å²) >= 11 is 0. The van der Waals surface area contributed by atoms with Crippen LogP contribution in [0.3, 0.4) is 0 Å². The van der Waals surface area contributed by atoms with E-state index in [4.69, 9.17) is 0 Å². The summed E-state index contributed by atoms with van der Waals surface area (Å²) < 4.78 is 0. The van der Waals surface area contributed by atoms with E-state index in [2.05, 4.69) is 5.32 Å². The average Bonchev–Trinajstić information content (AvgIpc) is 2.17. The average molecular weight is 186 g/mol. The van der Waals surface area contributed by atoms with Crippen LogP contribution in [0.15, 0.2) is 0 Å². The van der Waals surface area contributed by atoms with E-state index in [1.165, 1.54) is 14.1 Å². The standard InChI is InChI=1S/C9H18N2O2/c1-5-7(6-2)8(12)11(4)9(13)10-3/h7H,5-6H2,1-4H3,(H,10,13). The third-order valence-corrected chi connectivity index (χ3v) is 2.18. The Balaban J connectivity index is 4.31. The molecule has 0 spiro atoms. The largest absolute Gasteiger partial charge is 0.341 e. The maximum Gasteiger partial charge on any atom is 0.323 e. The Labute approximate surface area is 79.3 Å². The van der Waals surface area contributed by atoms with Crippen molar-refractivity contribution in [3.63, 3.8) is 0 Å². The van der Waals surface area contributed by atoms with E-state index in [-0.39, 0.29) is 17.9 Å². The van der Waals surface area contributed by atoms with Crippen molar-refractivity contribution in [2.45, 2.75) is 26.7 Å². The third-order valence-electron chi connectivity index (χ3n) is 2.18. The van der Waals surface area contributed by atoms with Crippen LogP contribution in [0, 0.1) is 5.92 Å². The minimum atomic E-state index is -0.350. The molecule has 0 heterocycles. The number of hydrogen-bond donors (Lipinski definition) is 1. The highest BCUT2D eigenvalue weighted by molar-refractivity contribution is 5.95. The molecule has 0 radical (unpaired) electrons. The van der Waals surface area contributed by atoms with Gasteiger partial charge in [-0.3, -0.25) is 9.69 Å². The van der Waals surface area contributed by atoms with Gasteiger partial charge in [-0.25, -0.2) is 4.79 Å². The van der Waals surface area contributed by atoms with E-state index in [0.29, 0.717) is 0 Å². The van der Waals surface area contributed by atoms with Gasteiger partial charge < -0.3 is 5.32 Å². The summed E-state index contributed by atoms with van der Waals surface area (Å²) in [6.45, 7) is 3.90. The van der Waals surface area contributed by atoms with Gasteiger partial charge in [0.05, 0.1) is 0 Å². The van der Waals surface area contributed by atoms with Crippen molar-refractivity contribution in [2.24, 2.45) is 5.92 Å². The summed E-state index contributed by atoms with van der Waals surface area (Å²) in [6, 6.07) is -0.350. The van der Waals surface area contributed by atoms with Crippen molar-refractivity contribution >= 4 is 11.9 Å². The first-order chi connectivity index (χ1) is 6.08. The molecule has 1 N–H and O–H groups in total. The Morgan fingerprint density at radius 3 is 2.08 bits per heavy atom. The summed E-state index contributed by atoms with van der Waals surface area (Å²) in [5, 5.41) is 2.41. The Morgan fingerprint density at radius 1 is 1.31 bits per heavy atom. The second kappa shape index (κ2) is 5.56. The maximum absolute atomic E-state index is 11.6. The molecule has 0 aromatic heterocycles. The Hall–Kier alpha value is -1.06. The molecule has 76 valence electrons. The molecular weight excluding hydrogens is 168 g/mol. The zero-order chi connectivity index (χ0) is 10.4. The molecule has 0 aromatic carbocycles. The van der Waals surface area contributed by atoms with Gasteiger partial charge in [0.15, 0.2) is 0 Å². The van der Waals surface area contributed by atoms with Crippen molar-refractivity contribution < 1.29 is 9.59 Å². The number of nitrogens with zero attached hydrogens (tertiary/aromatic N) is 1. The molecule has 0 saturated carbocycles. The first kappa shape index (κ1) is 11.9. The molecule has 0 atom stereocenters. The first-order valence-electron chi connectivity index (χ1n) is 4.57. The van der Waals surface area contributed by atoms with Crippen LogP contribution in [0.4, 0.5) is 4.79 Å². The van der Waals surface area contributed by atoms with Crippen LogP contribution in [0.1, 0.15) is 26.7 Å². The van der Waals surface area contributed by atoms with Gasteiger partial charge in [-0.05, 0) is 12.8 Å². The summed E-state index contributed by atoms with van der Waals surface area (Å²) in [5.41, 5.74) is 0. The number of amides is 3. The van der Waals surface area contributed by atoms with E-state index in [9.17, 15) is 9.59 Å². The van der Waals surface area contributed by atoms with Crippen molar-refractivity contribution in [3.8, 4) is 0 Å². The minimum absolute atomic E-state index is 0.0395. The molecule has 4 heteroatoms. The van der Waals surface area contributed by atoms with Crippen LogP contribution in [-0.2, 0) is 4.79 Å². The van der Waals surface area contributed by atoms with Gasteiger partial charge in [0.1, 0.15) is 0 Å². The van der Waals surface area contributed by atoms with Crippen molar-refractivity contribution in [3.05, 3.63) is 0 Å². The van der Waals surface area contributed by atoms with Crippen LogP contribution in [0.5, 0.6) is 0 Å². The fourth-order valence-corrected chi connectivity index (χ4v) is 1.18. The number of hydrogen-bond acceptors (Lipinski definition) is 2. The minimum Gasteiger partial charge on any atom is -0.341 e. The summed E-state index contributed by atoms with van der Waals surface area (Å²) in [4.78, 5) is 23.8. The molecule has 0 fully saturated rings. The van der Waals surface area contributed by atoms with Crippen LogP contribution in [0.2, 0.25) is 0 Å². The molecule has 0 aliphatic carbocycles. The van der Waals surface area contributed by atoms with Gasteiger partial charge in [0.2, 0.25) is 5.91 Å². The van der Waals surface area contributed by atoms with Crippen molar-refractivity contribution in [1.82, 2.24) is 10.2 Å². The molecule has 0 bridgehead atoms. The van der Waals surface area contributed by atoms with Crippen LogP contribution in [0.25, 0.3) is 0 Å². The summed E-state index contributed by atoms with van der Waals surface area (Å²) in [6.07, 6.45) is 1.55. The number of rotatable bonds is 3. The van der Waals surface area contributed by atoms with Gasteiger partial charge in [-0.2, -0.15) is 0 Å². The predicted octanol–water partition coefficient (Wildman–Crippen LogP) is 1.22. The highest BCUT2D eigenvalue weighted by Crippen LogP contribution is 2.10. The molecule has 0 unspecified atom stereocenters. The lowest BCUT2D eigenvalue weighted by Gasteiger charge is -2.19. The van der Waals surface area contributed by atoms with Crippen LogP contribution < -0.4 is 5.32 Å². The molecule has 0 aliphatic rings. The van der Waals surface area contributed by atoms with Crippen molar-refractivity contribution in [2.75, 3.05) is 14.1 Å². The van der Waals surface area contributed by atoms with E-state index in [0.717, 1.165) is 17.7 Å². The quantitative estimate of drug-likeness (QED) is 0.720. The number of nitrogens with one attached hydrogen (secondary N) is 1. The maximum atomic E-state index is 11.6. The van der Waals surface area contributed by atoms with E-state index in [1.54, 1.807) is 0 Å². The second-order valence-corrected chi connectivity index (χ2v) is 2.97. The molecular formula is C9H18N2O2. The molecule has 0 aliphatic heterocycles. The highest BCUT2D eigenvalue weighted by Gasteiger charge is 2.22. The van der Waals surface area contributed by atoms with Gasteiger partial charge in [-0.15, -0.1) is 0 Å². The van der Waals surface area contributed by atoms with Gasteiger partial charge in [0, 0.05) is 20.0 Å². The van der Waals surface area contributed by atoms with E-state index >= 15 is 0 Å². The lowest BCUT2D eigenvalue weighted by atomic mass is 10.0. The molecule has 3 amide bonds. The Kier molecular flexibility index (Phi) is 5.11. The fraction of sp³-hybridized carbons (Fsp3) is 0.778. The first-order valence-corrected chi connectivity index (χ1v) is 4.57. The molecule has 0 aromatic rings. The molecule has 13 heavy (non-hydrogen) atoms. The smallest absolute Gasteiger partial charge is 0.323 e.